The van der Waals surface area contributed by atoms with E-state index in [2.05, 4.69) is 18.7 Å². The van der Waals surface area contributed by atoms with Gasteiger partial charge < -0.3 is 43.1 Å². The number of hydrogen-bond donors (Lipinski definition) is 0. The lowest BCUT2D eigenvalue weighted by atomic mass is 9.79. The summed E-state index contributed by atoms with van der Waals surface area (Å²) in [5.74, 6) is -3.42. The molecule has 9 rings (SSSR count). The Hall–Kier alpha value is -5.99. The standard InChI is InChI=1S/C31H32N2O9S3.C25H28N2O12S4/c1-30(2)24-18-22(43-42-41-34)15-17-25(24)32(19-44(35,36)37)27(30)12-6-5-7-13-28-31(3,4)29-23-11-9-8-10-21(23)14-16-26(29)33(28)20-45(38,39)40;1-24(2)18-12-16(40-39-38-28)8-10-20(18)26(14-41(29,30)31)22(24)6-5-7-23-25(3,4)19-13-17(43(35,36)37)9-11-21(19)27(23)15-42(32,33)34/h5-18H,19-20H2,1-4H3,(H2-,34,35,36,37,38,39,40);5-13H,14-15H2,1-4H3,(H3-,28,29,30,31,32,33,34,35,36,37)/p-5. The van der Waals surface area contributed by atoms with Gasteiger partial charge in [0.25, 0.3) is 0 Å². The van der Waals surface area contributed by atoms with Crippen LogP contribution in [-0.4, -0.2) is 109 Å². The van der Waals surface area contributed by atoms with Gasteiger partial charge in [-0.05, 0) is 116 Å². The van der Waals surface area contributed by atoms with E-state index in [1.165, 1.54) is 49.3 Å². The summed E-state index contributed by atoms with van der Waals surface area (Å²) >= 11 is 1.33. The Labute approximate surface area is 517 Å². The molecule has 5 aromatic carbocycles. The van der Waals surface area contributed by atoms with Crippen LogP contribution in [0.15, 0.2) is 166 Å². The minimum Gasteiger partial charge on any atom is -0.747 e. The summed E-state index contributed by atoms with van der Waals surface area (Å²) in [6.07, 6.45) is 13.0. The Balaban J connectivity index is 0.000000228. The SMILES string of the molecule is CC1(C)C(=CC=CC2=[N+](CS(=O)(=O)[O-])c3ccc(SOO[O-])cc3C2(C)C)N(CS(=O)(=O)[O-])c2ccc(S(=O)(=O)[O-])cc21.CC1(C)C(=CC=CC=CC2=[N+](CS(=O)(=O)[O-])c3ccc4ccccc4c3C2(C)C)N(CS(=O)(=O)[O-])c2ccc(SOO[O-])cc21. The molecule has 472 valence electrons. The molecular weight excluding hydrogens is 1290 g/mol. The predicted molar refractivity (Wildman–Crippen MR) is 316 cm³/mol. The van der Waals surface area contributed by atoms with Gasteiger partial charge in [-0.2, -0.15) is 17.8 Å². The highest BCUT2D eigenvalue weighted by atomic mass is 32.2. The molecule has 0 unspecified atom stereocenters. The number of fused-ring (bicyclic) bond motifs is 6. The van der Waals surface area contributed by atoms with E-state index in [0.717, 1.165) is 28.5 Å². The summed E-state index contributed by atoms with van der Waals surface area (Å²) in [6.45, 7) is 14.5. The lowest BCUT2D eigenvalue weighted by Crippen LogP contribution is -2.31. The first-order chi connectivity index (χ1) is 40.7. The maximum Gasteiger partial charge on any atom is 0.237 e. The van der Waals surface area contributed by atoms with Gasteiger partial charge in [0.15, 0.2) is 31.7 Å². The lowest BCUT2D eigenvalue weighted by molar-refractivity contribution is -0.777. The van der Waals surface area contributed by atoms with Crippen molar-refractivity contribution in [3.63, 3.8) is 0 Å². The molecule has 32 heteroatoms. The zero-order valence-electron chi connectivity index (χ0n) is 47.8. The summed E-state index contributed by atoms with van der Waals surface area (Å²) in [7, 11) is -23.7. The van der Waals surface area contributed by atoms with Gasteiger partial charge in [0, 0.05) is 78.8 Å². The number of anilines is 2. The monoisotopic (exact) mass is 1340 g/mol. The van der Waals surface area contributed by atoms with Crippen LogP contribution in [0.5, 0.6) is 0 Å². The summed E-state index contributed by atoms with van der Waals surface area (Å²) in [5, 5.41) is 29.3. The van der Waals surface area contributed by atoms with Crippen LogP contribution in [0, 0.1) is 0 Å². The number of hydrogen-bond acceptors (Lipinski definition) is 25. The first-order valence-electron chi connectivity index (χ1n) is 25.9. The topological polar surface area (TPSA) is 382 Å². The van der Waals surface area contributed by atoms with Crippen molar-refractivity contribution in [3.05, 3.63) is 173 Å². The Morgan fingerprint density at radius 2 is 0.955 bits per heavy atom. The van der Waals surface area contributed by atoms with E-state index >= 15 is 0 Å². The highest BCUT2D eigenvalue weighted by Gasteiger charge is 2.48. The number of rotatable bonds is 20. The molecule has 0 aromatic heterocycles. The molecule has 0 atom stereocenters. The summed E-state index contributed by atoms with van der Waals surface area (Å²) in [5.41, 5.74) is 2.73. The van der Waals surface area contributed by atoms with Crippen LogP contribution < -0.4 is 20.3 Å². The van der Waals surface area contributed by atoms with Crippen LogP contribution in [0.1, 0.15) is 77.6 Å². The molecule has 4 heterocycles. The number of nitrogens with zero attached hydrogens (tertiary/aromatic N) is 4. The molecular formula is C56H55N4O21S7-5. The van der Waals surface area contributed by atoms with Crippen molar-refractivity contribution in [1.29, 1.82) is 0 Å². The van der Waals surface area contributed by atoms with Gasteiger partial charge in [-0.1, -0.05) is 76.3 Å². The van der Waals surface area contributed by atoms with Crippen LogP contribution in [0.25, 0.3) is 10.8 Å². The maximum atomic E-state index is 11.9. The molecule has 4 aliphatic heterocycles. The third-order valence-corrected chi connectivity index (χ3v) is 19.6. The fourth-order valence-corrected chi connectivity index (χ4v) is 15.3. The zero-order chi connectivity index (χ0) is 65.0. The molecule has 25 nitrogen and oxygen atoms in total. The highest BCUT2D eigenvalue weighted by Crippen LogP contribution is 2.51. The van der Waals surface area contributed by atoms with Crippen LogP contribution in [-0.2, 0) is 91.0 Å². The van der Waals surface area contributed by atoms with Crippen molar-refractivity contribution < 1.29 is 103 Å². The van der Waals surface area contributed by atoms with E-state index in [4.69, 9.17) is 0 Å². The molecule has 0 aliphatic carbocycles. The Morgan fingerprint density at radius 1 is 0.489 bits per heavy atom. The molecule has 88 heavy (non-hydrogen) atoms. The van der Waals surface area contributed by atoms with E-state index in [1.807, 2.05) is 64.1 Å². The molecule has 0 fully saturated rings. The largest absolute Gasteiger partial charge is 0.747 e. The Kier molecular flexibility index (Phi) is 19.3. The fourth-order valence-electron chi connectivity index (χ4n) is 11.6. The molecule has 0 radical (unpaired) electrons. The third-order valence-electron chi connectivity index (χ3n) is 15.3. The minimum absolute atomic E-state index is 0.214. The van der Waals surface area contributed by atoms with Crippen LogP contribution in [0.3, 0.4) is 0 Å². The van der Waals surface area contributed by atoms with Gasteiger partial charge >= 0.3 is 0 Å². The van der Waals surface area contributed by atoms with Crippen molar-refractivity contribution in [3.8, 4) is 0 Å². The van der Waals surface area contributed by atoms with Crippen LogP contribution in [0.4, 0.5) is 22.7 Å². The predicted octanol–water partition coefficient (Wildman–Crippen LogP) is 5.69. The summed E-state index contributed by atoms with van der Waals surface area (Å²) in [6, 6.07) is 24.6. The van der Waals surface area contributed by atoms with E-state index in [1.54, 1.807) is 88.4 Å². The van der Waals surface area contributed by atoms with Crippen molar-refractivity contribution in [2.45, 2.75) is 91.7 Å². The molecule has 5 aromatic rings. The van der Waals surface area contributed by atoms with Crippen molar-refractivity contribution >= 4 is 120 Å². The first kappa shape index (κ1) is 67.9. The first-order valence-corrected chi connectivity index (χ1v) is 35.1. The van der Waals surface area contributed by atoms with Gasteiger partial charge in [0.05, 0.1) is 39.8 Å². The lowest BCUT2D eigenvalue weighted by Gasteiger charge is -2.27. The van der Waals surface area contributed by atoms with Gasteiger partial charge in [0.1, 0.15) is 42.1 Å². The number of allylic oxidation sites excluding steroid dienone is 10. The normalized spacial score (nSPS) is 18.8. The van der Waals surface area contributed by atoms with Gasteiger partial charge in [-0.3, -0.25) is 10.1 Å². The number of benzene rings is 5. The molecule has 0 saturated heterocycles. The zero-order valence-corrected chi connectivity index (χ0v) is 53.5. The Morgan fingerprint density at radius 3 is 1.49 bits per heavy atom. The van der Waals surface area contributed by atoms with Crippen molar-refractivity contribution in [2.24, 2.45) is 0 Å². The van der Waals surface area contributed by atoms with Gasteiger partial charge in [0.2, 0.25) is 23.1 Å². The third kappa shape index (κ3) is 14.6. The second-order valence-corrected chi connectivity index (χ2v) is 31.0. The van der Waals surface area contributed by atoms with Gasteiger partial charge in [-0.25, -0.2) is 42.1 Å². The average molecular weight is 1340 g/mol. The summed E-state index contributed by atoms with van der Waals surface area (Å²) in [4.78, 5) is 3.10. The Bertz CT molecular complexity index is 4480. The van der Waals surface area contributed by atoms with E-state index in [-0.39, 0.29) is 11.4 Å². The molecule has 4 aliphatic rings. The van der Waals surface area contributed by atoms with Crippen LogP contribution >= 0.6 is 24.1 Å². The minimum atomic E-state index is -4.84. The average Bonchev–Trinajstić information content (AvgIpc) is 1.65. The van der Waals surface area contributed by atoms with E-state index in [9.17, 15) is 75.4 Å². The molecule has 0 saturated carbocycles. The van der Waals surface area contributed by atoms with E-state index < -0.39 is 101 Å². The smallest absolute Gasteiger partial charge is 0.237 e. The second kappa shape index (κ2) is 25.0. The van der Waals surface area contributed by atoms with Gasteiger partial charge in [-0.15, -0.1) is 0 Å². The van der Waals surface area contributed by atoms with E-state index in [0.29, 0.717) is 84.7 Å². The van der Waals surface area contributed by atoms with Crippen molar-refractivity contribution in [2.75, 3.05) is 33.3 Å². The highest BCUT2D eigenvalue weighted by molar-refractivity contribution is 7.94. The quantitative estimate of drug-likeness (QED) is 0.0225. The maximum absolute atomic E-state index is 11.9. The molecule has 0 spiro atoms. The molecule has 0 N–H and O–H groups in total. The second-order valence-electron chi connectivity index (χ2n) is 22.5. The summed E-state index contributed by atoms with van der Waals surface area (Å²) < 4.78 is 189. The molecule has 0 amide bonds. The van der Waals surface area contributed by atoms with Crippen molar-refractivity contribution in [1.82, 2.24) is 0 Å². The molecule has 0 bridgehead atoms. The van der Waals surface area contributed by atoms with Crippen LogP contribution in [0.2, 0.25) is 0 Å². The fraction of sp³-hybridized carbons (Fsp3) is 0.286.